The molecule has 0 saturated heterocycles. The molecule has 1 aromatic carbocycles. The zero-order valence-corrected chi connectivity index (χ0v) is 22.0. The molecule has 0 fully saturated rings. The van der Waals surface area contributed by atoms with Gasteiger partial charge in [-0.3, -0.25) is 4.79 Å². The summed E-state index contributed by atoms with van der Waals surface area (Å²) in [6.07, 6.45) is 1.85. The van der Waals surface area contributed by atoms with E-state index < -0.39 is 20.6 Å². The van der Waals surface area contributed by atoms with Crippen LogP contribution in [0.25, 0.3) is 0 Å². The fraction of sp³-hybridized carbons (Fsp3) is 0.696. The van der Waals surface area contributed by atoms with Crippen molar-refractivity contribution in [1.29, 1.82) is 0 Å². The topological polar surface area (TPSA) is 29.5 Å². The third kappa shape index (κ3) is 6.56. The number of hydrogen-bond donors (Lipinski definition) is 0. The predicted octanol–water partition coefficient (Wildman–Crippen LogP) is 5.03. The van der Waals surface area contributed by atoms with E-state index >= 15 is 0 Å². The molecular weight excluding hydrogens is 378 g/mol. The van der Waals surface area contributed by atoms with Gasteiger partial charge in [0.2, 0.25) is 0 Å². The van der Waals surface area contributed by atoms with Gasteiger partial charge >= 0.3 is 5.97 Å². The Balaban J connectivity index is 2.89. The Bertz CT molecular complexity index is 631. The molecule has 0 aliphatic carbocycles. The van der Waals surface area contributed by atoms with E-state index in [9.17, 15) is 4.79 Å². The first kappa shape index (κ1) is 25.1. The van der Waals surface area contributed by atoms with Crippen molar-refractivity contribution >= 4 is 26.3 Å². The quantitative estimate of drug-likeness (QED) is 0.392. The number of esters is 1. The predicted molar refractivity (Wildman–Crippen MR) is 128 cm³/mol. The molecule has 0 heterocycles. The van der Waals surface area contributed by atoms with E-state index in [1.807, 2.05) is 32.8 Å². The van der Waals surface area contributed by atoms with Crippen molar-refractivity contribution in [3.63, 3.8) is 0 Å². The highest BCUT2D eigenvalue weighted by molar-refractivity contribution is 7.45. The third-order valence-corrected chi connectivity index (χ3v) is 24.2. The van der Waals surface area contributed by atoms with Gasteiger partial charge in [-0.2, -0.15) is 0 Å². The van der Waals surface area contributed by atoms with Crippen molar-refractivity contribution in [2.45, 2.75) is 72.3 Å². The van der Waals surface area contributed by atoms with Crippen LogP contribution in [0.4, 0.5) is 0 Å². The molecule has 1 rings (SSSR count). The molecule has 160 valence electrons. The molecule has 0 N–H and O–H groups in total. The fourth-order valence-corrected chi connectivity index (χ4v) is 8.28. The lowest BCUT2D eigenvalue weighted by atomic mass is 9.79. The first-order valence-electron chi connectivity index (χ1n) is 10.6. The van der Waals surface area contributed by atoms with Crippen LogP contribution in [-0.2, 0) is 9.53 Å². The zero-order chi connectivity index (χ0) is 21.8. The van der Waals surface area contributed by atoms with Gasteiger partial charge in [-0.25, -0.2) is 0 Å². The normalized spacial score (nSPS) is 14.2. The van der Waals surface area contributed by atoms with E-state index in [0.29, 0.717) is 12.5 Å². The van der Waals surface area contributed by atoms with E-state index in [1.54, 1.807) is 5.19 Å². The lowest BCUT2D eigenvalue weighted by Gasteiger charge is -2.36. The van der Waals surface area contributed by atoms with Gasteiger partial charge < -0.3 is 9.64 Å². The molecule has 0 spiro atoms. The standard InChI is InChI=1S/C23H43NO2Si2/c1-11-19(18-23(2,3)22(25)26-17-16-24(4)5)20-12-14-21(15-13-20)28(9,10)27(6,7)8/h12-15,19H,11,16-18H2,1-10H3. The van der Waals surface area contributed by atoms with Gasteiger partial charge in [-0.15, -0.1) is 0 Å². The SMILES string of the molecule is CCC(CC(C)(C)C(=O)OCCN(C)C)c1ccc([Si](C)(C)[Si](C)(C)C)cc1. The first-order chi connectivity index (χ1) is 12.7. The maximum atomic E-state index is 12.6. The van der Waals surface area contributed by atoms with E-state index in [1.165, 1.54) is 5.56 Å². The fourth-order valence-electron chi connectivity index (χ4n) is 3.32. The number of nitrogens with zero attached hydrogens (tertiary/aromatic N) is 1. The van der Waals surface area contributed by atoms with Crippen molar-refractivity contribution in [1.82, 2.24) is 4.90 Å². The minimum absolute atomic E-state index is 0.0864. The highest BCUT2D eigenvalue weighted by atomic mass is 29.3. The molecule has 0 amide bonds. The van der Waals surface area contributed by atoms with Crippen LogP contribution in [0, 0.1) is 5.41 Å². The molecule has 0 radical (unpaired) electrons. The molecule has 0 saturated carbocycles. The Morgan fingerprint density at radius 1 is 1.07 bits per heavy atom. The largest absolute Gasteiger partial charge is 0.464 e. The summed E-state index contributed by atoms with van der Waals surface area (Å²) in [6, 6.07) is 9.35. The summed E-state index contributed by atoms with van der Waals surface area (Å²) >= 11 is 0. The van der Waals surface area contributed by atoms with Crippen LogP contribution in [0.3, 0.4) is 0 Å². The monoisotopic (exact) mass is 421 g/mol. The summed E-state index contributed by atoms with van der Waals surface area (Å²) in [4.78, 5) is 14.6. The van der Waals surface area contributed by atoms with Crippen LogP contribution in [-0.4, -0.2) is 53.3 Å². The van der Waals surface area contributed by atoms with Crippen molar-refractivity contribution in [3.8, 4) is 0 Å². The molecule has 0 aliphatic heterocycles. The van der Waals surface area contributed by atoms with Gasteiger partial charge in [0.1, 0.15) is 6.61 Å². The Hall–Kier alpha value is -0.916. The molecule has 1 aromatic rings. The third-order valence-electron chi connectivity index (χ3n) is 6.55. The Labute approximate surface area is 175 Å². The summed E-state index contributed by atoms with van der Waals surface area (Å²) < 4.78 is 5.53. The van der Waals surface area contributed by atoms with Crippen molar-refractivity contribution in [3.05, 3.63) is 29.8 Å². The van der Waals surface area contributed by atoms with E-state index in [-0.39, 0.29) is 5.97 Å². The maximum Gasteiger partial charge on any atom is 0.311 e. The molecule has 1 atom stereocenters. The van der Waals surface area contributed by atoms with Gasteiger partial charge in [0.25, 0.3) is 0 Å². The lowest BCUT2D eigenvalue weighted by molar-refractivity contribution is -0.154. The molecule has 1 unspecified atom stereocenters. The number of carbonyl (C=O) groups excluding carboxylic acids is 1. The number of ether oxygens (including phenoxy) is 1. The Morgan fingerprint density at radius 2 is 1.61 bits per heavy atom. The van der Waals surface area contributed by atoms with Gasteiger partial charge in [0.15, 0.2) is 0 Å². The zero-order valence-electron chi connectivity index (χ0n) is 20.0. The lowest BCUT2D eigenvalue weighted by Crippen LogP contribution is -2.61. The average Bonchev–Trinajstić information content (AvgIpc) is 2.58. The summed E-state index contributed by atoms with van der Waals surface area (Å²) in [5, 5.41) is 1.56. The number of carbonyl (C=O) groups is 1. The molecule has 0 aromatic heterocycles. The molecule has 0 bridgehead atoms. The number of rotatable bonds is 10. The van der Waals surface area contributed by atoms with E-state index in [4.69, 9.17) is 4.74 Å². The molecular formula is C23H43NO2Si2. The molecule has 5 heteroatoms. The Morgan fingerprint density at radius 3 is 2.04 bits per heavy atom. The van der Waals surface area contributed by atoms with Crippen molar-refractivity contribution < 1.29 is 9.53 Å². The van der Waals surface area contributed by atoms with Crippen molar-refractivity contribution in [2.24, 2.45) is 5.41 Å². The minimum atomic E-state index is -1.38. The van der Waals surface area contributed by atoms with Crippen LogP contribution in [0.1, 0.15) is 45.1 Å². The number of likely N-dealkylation sites (N-methyl/N-ethyl adjacent to an activating group) is 1. The highest BCUT2D eigenvalue weighted by Gasteiger charge is 2.38. The first-order valence-corrected chi connectivity index (χ1v) is 18.1. The van der Waals surface area contributed by atoms with Crippen molar-refractivity contribution in [2.75, 3.05) is 27.2 Å². The summed E-state index contributed by atoms with van der Waals surface area (Å²) in [5.41, 5.74) is 0.874. The number of benzene rings is 1. The average molecular weight is 422 g/mol. The van der Waals surface area contributed by atoms with E-state index in [2.05, 4.69) is 63.9 Å². The van der Waals surface area contributed by atoms with E-state index in [0.717, 1.165) is 19.4 Å². The highest BCUT2D eigenvalue weighted by Crippen LogP contribution is 2.35. The minimum Gasteiger partial charge on any atom is -0.464 e. The summed E-state index contributed by atoms with van der Waals surface area (Å²) in [5.74, 6) is 0.291. The second kappa shape index (κ2) is 9.72. The number of hydrogen-bond acceptors (Lipinski definition) is 3. The molecule has 3 nitrogen and oxygen atoms in total. The second-order valence-electron chi connectivity index (χ2n) is 10.6. The van der Waals surface area contributed by atoms with Crippen LogP contribution >= 0.6 is 0 Å². The van der Waals surface area contributed by atoms with Gasteiger partial charge in [0, 0.05) is 14.1 Å². The van der Waals surface area contributed by atoms with Gasteiger partial charge in [-0.1, -0.05) is 69.1 Å². The van der Waals surface area contributed by atoms with Crippen LogP contribution < -0.4 is 5.19 Å². The smallest absolute Gasteiger partial charge is 0.311 e. The van der Waals surface area contributed by atoms with Gasteiger partial charge in [-0.05, 0) is 52.3 Å². The second-order valence-corrected chi connectivity index (χ2v) is 27.2. The maximum absolute atomic E-state index is 12.6. The van der Waals surface area contributed by atoms with Crippen LogP contribution in [0.2, 0.25) is 32.7 Å². The van der Waals surface area contributed by atoms with Crippen LogP contribution in [0.5, 0.6) is 0 Å². The van der Waals surface area contributed by atoms with Crippen LogP contribution in [0.15, 0.2) is 24.3 Å². The molecule has 28 heavy (non-hydrogen) atoms. The summed E-state index contributed by atoms with van der Waals surface area (Å²) in [7, 11) is 1.42. The summed E-state index contributed by atoms with van der Waals surface area (Å²) in [6.45, 7) is 20.0. The van der Waals surface area contributed by atoms with Gasteiger partial charge in [0.05, 0.1) is 13.0 Å². The molecule has 0 aliphatic rings. The Kier molecular flexibility index (Phi) is 8.72.